The molecular weight excluding hydrogens is 248 g/mol. The summed E-state index contributed by atoms with van der Waals surface area (Å²) in [5, 5.41) is 9.64. The van der Waals surface area contributed by atoms with E-state index >= 15 is 0 Å². The van der Waals surface area contributed by atoms with Crippen molar-refractivity contribution in [2.75, 3.05) is 14.1 Å². The standard InChI is InChI=1S/C11H16N6O2/c1-17(2)9(19)7-5-6(3-4-8(7)18)15-11(14)16-10(12)13/h3-5,18H,1-2H3,(H6,12,13,14,15,16). The Hall–Kier alpha value is -2.77. The molecule has 0 saturated heterocycles. The summed E-state index contributed by atoms with van der Waals surface area (Å²) in [5.74, 6) is -0.855. The number of phenolic OH excluding ortho intramolecular Hbond substituents is 1. The van der Waals surface area contributed by atoms with E-state index in [1.165, 1.54) is 23.1 Å². The van der Waals surface area contributed by atoms with E-state index in [9.17, 15) is 9.90 Å². The van der Waals surface area contributed by atoms with Crippen LogP contribution in [-0.4, -0.2) is 41.9 Å². The fourth-order valence-corrected chi connectivity index (χ4v) is 1.30. The third-order valence-electron chi connectivity index (χ3n) is 2.10. The van der Waals surface area contributed by atoms with Crippen LogP contribution < -0.4 is 17.2 Å². The zero-order chi connectivity index (χ0) is 14.6. The van der Waals surface area contributed by atoms with Gasteiger partial charge in [-0.25, -0.2) is 4.99 Å². The number of carbonyl (C=O) groups excluding carboxylic acids is 1. The first-order valence-electron chi connectivity index (χ1n) is 5.29. The molecule has 0 bridgehead atoms. The van der Waals surface area contributed by atoms with E-state index < -0.39 is 0 Å². The molecule has 102 valence electrons. The first kappa shape index (κ1) is 14.3. The first-order valence-corrected chi connectivity index (χ1v) is 5.29. The summed E-state index contributed by atoms with van der Waals surface area (Å²) in [6, 6.07) is 4.22. The Balaban J connectivity index is 3.17. The number of amides is 1. The van der Waals surface area contributed by atoms with Crippen molar-refractivity contribution >= 4 is 23.5 Å². The second-order valence-corrected chi connectivity index (χ2v) is 3.91. The van der Waals surface area contributed by atoms with Gasteiger partial charge in [0, 0.05) is 14.1 Å². The van der Waals surface area contributed by atoms with Crippen molar-refractivity contribution in [2.24, 2.45) is 27.2 Å². The second-order valence-electron chi connectivity index (χ2n) is 3.91. The second kappa shape index (κ2) is 5.71. The van der Waals surface area contributed by atoms with E-state index in [1.807, 2.05) is 0 Å². The highest BCUT2D eigenvalue weighted by atomic mass is 16.3. The third-order valence-corrected chi connectivity index (χ3v) is 2.10. The minimum Gasteiger partial charge on any atom is -0.507 e. The molecule has 8 heteroatoms. The molecule has 0 saturated carbocycles. The number of phenols is 1. The van der Waals surface area contributed by atoms with Gasteiger partial charge in [-0.2, -0.15) is 4.99 Å². The minimum atomic E-state index is -0.352. The van der Waals surface area contributed by atoms with E-state index in [0.717, 1.165) is 0 Å². The van der Waals surface area contributed by atoms with Gasteiger partial charge in [-0.05, 0) is 18.2 Å². The van der Waals surface area contributed by atoms with Crippen LogP contribution in [0.3, 0.4) is 0 Å². The fourth-order valence-electron chi connectivity index (χ4n) is 1.30. The number of benzene rings is 1. The normalized spacial score (nSPS) is 10.9. The van der Waals surface area contributed by atoms with Gasteiger partial charge in [-0.1, -0.05) is 0 Å². The van der Waals surface area contributed by atoms with E-state index in [4.69, 9.17) is 17.2 Å². The zero-order valence-corrected chi connectivity index (χ0v) is 10.7. The summed E-state index contributed by atoms with van der Waals surface area (Å²) in [6.45, 7) is 0. The number of rotatable bonds is 2. The Bertz CT molecular complexity index is 546. The maximum Gasteiger partial charge on any atom is 0.257 e. The highest BCUT2D eigenvalue weighted by Crippen LogP contribution is 2.24. The molecule has 0 aliphatic carbocycles. The molecule has 0 atom stereocenters. The molecule has 0 fully saturated rings. The van der Waals surface area contributed by atoms with Crippen molar-refractivity contribution < 1.29 is 9.90 Å². The SMILES string of the molecule is CN(C)C(=O)c1cc(N=C(N)N=C(N)N)ccc1O. The molecule has 1 rings (SSSR count). The predicted octanol–water partition coefficient (Wildman–Crippen LogP) is -0.686. The first-order chi connectivity index (χ1) is 8.81. The number of nitrogens with two attached hydrogens (primary N) is 3. The molecule has 19 heavy (non-hydrogen) atoms. The van der Waals surface area contributed by atoms with Crippen molar-refractivity contribution in [3.05, 3.63) is 23.8 Å². The van der Waals surface area contributed by atoms with E-state index in [2.05, 4.69) is 9.98 Å². The third kappa shape index (κ3) is 3.87. The topological polar surface area (TPSA) is 143 Å². The van der Waals surface area contributed by atoms with Gasteiger partial charge >= 0.3 is 0 Å². The van der Waals surface area contributed by atoms with Crippen molar-refractivity contribution in [1.82, 2.24) is 4.90 Å². The summed E-state index contributed by atoms with van der Waals surface area (Å²) < 4.78 is 0. The smallest absolute Gasteiger partial charge is 0.257 e. The zero-order valence-electron chi connectivity index (χ0n) is 10.7. The van der Waals surface area contributed by atoms with Gasteiger partial charge in [-0.15, -0.1) is 0 Å². The molecule has 1 aromatic rings. The van der Waals surface area contributed by atoms with Crippen LogP contribution in [0.4, 0.5) is 5.69 Å². The molecule has 7 N–H and O–H groups in total. The van der Waals surface area contributed by atoms with Gasteiger partial charge < -0.3 is 27.2 Å². The summed E-state index contributed by atoms with van der Waals surface area (Å²) in [4.78, 5) is 20.6. The quantitative estimate of drug-likeness (QED) is 0.413. The monoisotopic (exact) mass is 264 g/mol. The van der Waals surface area contributed by atoms with Crippen LogP contribution in [0.15, 0.2) is 28.2 Å². The highest BCUT2D eigenvalue weighted by molar-refractivity contribution is 5.98. The predicted molar refractivity (Wildman–Crippen MR) is 73.2 cm³/mol. The maximum absolute atomic E-state index is 11.8. The lowest BCUT2D eigenvalue weighted by atomic mass is 10.1. The molecule has 0 unspecified atom stereocenters. The average molecular weight is 264 g/mol. The van der Waals surface area contributed by atoms with Crippen LogP contribution in [-0.2, 0) is 0 Å². The van der Waals surface area contributed by atoms with E-state index in [0.29, 0.717) is 5.69 Å². The molecule has 0 aliphatic heterocycles. The molecule has 0 aliphatic rings. The molecule has 1 aromatic carbocycles. The van der Waals surface area contributed by atoms with Crippen molar-refractivity contribution in [1.29, 1.82) is 0 Å². The molecule has 0 spiro atoms. The Morgan fingerprint density at radius 1 is 1.26 bits per heavy atom. The minimum absolute atomic E-state index is 0.115. The molecular formula is C11H16N6O2. The number of hydrogen-bond acceptors (Lipinski definition) is 3. The highest BCUT2D eigenvalue weighted by Gasteiger charge is 2.13. The number of guanidine groups is 2. The van der Waals surface area contributed by atoms with Crippen molar-refractivity contribution in [2.45, 2.75) is 0 Å². The van der Waals surface area contributed by atoms with Gasteiger partial charge in [0.05, 0.1) is 11.3 Å². The summed E-state index contributed by atoms with van der Waals surface area (Å²) >= 11 is 0. The Labute approximate surface area is 110 Å². The van der Waals surface area contributed by atoms with Gasteiger partial charge in [0.1, 0.15) is 5.75 Å². The van der Waals surface area contributed by atoms with Crippen molar-refractivity contribution in [3.8, 4) is 5.75 Å². The Kier molecular flexibility index (Phi) is 4.30. The van der Waals surface area contributed by atoms with E-state index in [1.54, 1.807) is 14.1 Å². The summed E-state index contributed by atoms with van der Waals surface area (Å²) in [6.07, 6.45) is 0. The summed E-state index contributed by atoms with van der Waals surface area (Å²) in [5.41, 5.74) is 16.3. The van der Waals surface area contributed by atoms with Crippen LogP contribution >= 0.6 is 0 Å². The molecule has 8 nitrogen and oxygen atoms in total. The van der Waals surface area contributed by atoms with Gasteiger partial charge in [0.15, 0.2) is 5.96 Å². The number of nitrogens with zero attached hydrogens (tertiary/aromatic N) is 3. The fraction of sp³-hybridized carbons (Fsp3) is 0.182. The number of hydrogen-bond donors (Lipinski definition) is 4. The molecule has 0 radical (unpaired) electrons. The lowest BCUT2D eigenvalue weighted by Crippen LogP contribution is -2.26. The van der Waals surface area contributed by atoms with Crippen LogP contribution in [0.1, 0.15) is 10.4 Å². The molecule has 0 heterocycles. The van der Waals surface area contributed by atoms with Crippen LogP contribution in [0.5, 0.6) is 5.75 Å². The lowest BCUT2D eigenvalue weighted by molar-refractivity contribution is 0.0824. The molecule has 0 aromatic heterocycles. The number of aliphatic imine (C=N–C) groups is 2. The van der Waals surface area contributed by atoms with Crippen LogP contribution in [0.2, 0.25) is 0 Å². The number of aromatic hydroxyl groups is 1. The largest absolute Gasteiger partial charge is 0.507 e. The maximum atomic E-state index is 11.8. The van der Waals surface area contributed by atoms with E-state index in [-0.39, 0.29) is 29.1 Å². The van der Waals surface area contributed by atoms with Crippen LogP contribution in [0, 0.1) is 0 Å². The van der Waals surface area contributed by atoms with Gasteiger partial charge in [-0.3, -0.25) is 4.79 Å². The average Bonchev–Trinajstić information content (AvgIpc) is 2.29. The van der Waals surface area contributed by atoms with Crippen LogP contribution in [0.25, 0.3) is 0 Å². The Morgan fingerprint density at radius 2 is 1.89 bits per heavy atom. The van der Waals surface area contributed by atoms with Gasteiger partial charge in [0.25, 0.3) is 5.91 Å². The van der Waals surface area contributed by atoms with Gasteiger partial charge in [0.2, 0.25) is 5.96 Å². The number of carbonyl (C=O) groups is 1. The molecule has 1 amide bonds. The Morgan fingerprint density at radius 3 is 2.42 bits per heavy atom. The van der Waals surface area contributed by atoms with Crippen molar-refractivity contribution in [3.63, 3.8) is 0 Å². The summed E-state index contributed by atoms with van der Waals surface area (Å²) in [7, 11) is 3.15. The lowest BCUT2D eigenvalue weighted by Gasteiger charge is -2.11.